The molecule has 0 bridgehead atoms. The second kappa shape index (κ2) is 8.12. The quantitative estimate of drug-likeness (QED) is 0.814. The highest BCUT2D eigenvalue weighted by atomic mass is 35.5. The minimum atomic E-state index is -0.203. The molecule has 1 N–H and O–H groups in total. The number of hydrogen-bond acceptors (Lipinski definition) is 2. The first-order chi connectivity index (χ1) is 8.75. The van der Waals surface area contributed by atoms with Gasteiger partial charge in [-0.3, -0.25) is 4.79 Å². The summed E-state index contributed by atoms with van der Waals surface area (Å²) in [7, 11) is 0. The summed E-state index contributed by atoms with van der Waals surface area (Å²) in [5.41, 5.74) is 1.08. The summed E-state index contributed by atoms with van der Waals surface area (Å²) >= 11 is 0. The number of carbonyl (C=O) groups is 1. The number of rotatable bonds is 6. The summed E-state index contributed by atoms with van der Waals surface area (Å²) in [5, 5.41) is 3.30. The second-order valence-electron chi connectivity index (χ2n) is 4.64. The molecule has 1 aliphatic heterocycles. The van der Waals surface area contributed by atoms with Crippen molar-refractivity contribution < 1.29 is 9.18 Å². The van der Waals surface area contributed by atoms with E-state index in [9.17, 15) is 9.18 Å². The fourth-order valence-electron chi connectivity index (χ4n) is 2.17. The Kier molecular flexibility index (Phi) is 6.81. The van der Waals surface area contributed by atoms with Crippen molar-refractivity contribution in [3.63, 3.8) is 0 Å². The molecule has 1 aliphatic rings. The van der Waals surface area contributed by atoms with E-state index in [1.54, 1.807) is 12.1 Å². The fraction of sp³-hybridized carbons (Fsp3) is 0.500. The predicted molar refractivity (Wildman–Crippen MR) is 75.8 cm³/mol. The highest BCUT2D eigenvalue weighted by Gasteiger charge is 2.18. The van der Waals surface area contributed by atoms with E-state index in [0.29, 0.717) is 6.42 Å². The van der Waals surface area contributed by atoms with Gasteiger partial charge in [0.1, 0.15) is 5.82 Å². The Morgan fingerprint density at radius 3 is 2.63 bits per heavy atom. The number of carbonyl (C=O) groups excluding carboxylic acids is 1. The van der Waals surface area contributed by atoms with Gasteiger partial charge in [0.05, 0.1) is 0 Å². The predicted octanol–water partition coefficient (Wildman–Crippen LogP) is 2.35. The maximum atomic E-state index is 12.7. The topological polar surface area (TPSA) is 32.3 Å². The van der Waals surface area contributed by atoms with Crippen LogP contribution in [0.3, 0.4) is 0 Å². The van der Waals surface area contributed by atoms with Crippen molar-refractivity contribution in [3.8, 4) is 0 Å². The average Bonchev–Trinajstić information content (AvgIpc) is 2.77. The minimum Gasteiger partial charge on any atom is -0.343 e. The Morgan fingerprint density at radius 2 is 2.00 bits per heavy atom. The number of nitrogens with one attached hydrogen (secondary N) is 1. The summed E-state index contributed by atoms with van der Waals surface area (Å²) < 4.78 is 12.7. The number of nitrogens with zero attached hydrogens (tertiary/aromatic N) is 1. The standard InChI is InChI=1S/C14H19FN2O.ClH/c15-13-6-4-12(5-7-13)11-16-8-2-10-17-9-1-3-14(17)18;/h4-7,16H,1-3,8-11H2;1H. The van der Waals surface area contributed by atoms with Gasteiger partial charge in [-0.05, 0) is 37.1 Å². The molecule has 0 atom stereocenters. The normalized spacial score (nSPS) is 14.6. The van der Waals surface area contributed by atoms with Gasteiger partial charge in [-0.1, -0.05) is 12.1 Å². The maximum Gasteiger partial charge on any atom is 0.222 e. The SMILES string of the molecule is Cl.O=C1CCCN1CCCNCc1ccc(F)cc1. The molecule has 5 heteroatoms. The van der Waals surface area contributed by atoms with E-state index in [1.165, 1.54) is 12.1 Å². The Bertz CT molecular complexity index is 397. The van der Waals surface area contributed by atoms with E-state index < -0.39 is 0 Å². The van der Waals surface area contributed by atoms with Crippen LogP contribution in [-0.4, -0.2) is 30.4 Å². The maximum absolute atomic E-state index is 12.7. The Balaban J connectivity index is 0.00000180. The zero-order chi connectivity index (χ0) is 12.8. The first kappa shape index (κ1) is 15.9. The fourth-order valence-corrected chi connectivity index (χ4v) is 2.17. The van der Waals surface area contributed by atoms with E-state index in [-0.39, 0.29) is 24.1 Å². The van der Waals surface area contributed by atoms with Gasteiger partial charge < -0.3 is 10.2 Å². The summed E-state index contributed by atoms with van der Waals surface area (Å²) in [6, 6.07) is 6.51. The van der Waals surface area contributed by atoms with E-state index in [1.807, 2.05) is 4.90 Å². The molecule has 1 heterocycles. The molecule has 1 fully saturated rings. The molecule has 1 amide bonds. The van der Waals surface area contributed by atoms with Gasteiger partial charge in [0.2, 0.25) is 5.91 Å². The van der Waals surface area contributed by atoms with E-state index in [2.05, 4.69) is 5.32 Å². The lowest BCUT2D eigenvalue weighted by molar-refractivity contribution is -0.127. The molecule has 0 aromatic heterocycles. The second-order valence-corrected chi connectivity index (χ2v) is 4.64. The number of likely N-dealkylation sites (tertiary alicyclic amines) is 1. The van der Waals surface area contributed by atoms with Crippen LogP contribution in [0.2, 0.25) is 0 Å². The molecule has 0 saturated carbocycles. The monoisotopic (exact) mass is 286 g/mol. The Morgan fingerprint density at radius 1 is 1.26 bits per heavy atom. The van der Waals surface area contributed by atoms with E-state index in [4.69, 9.17) is 0 Å². The molecule has 106 valence electrons. The number of amides is 1. The molecule has 3 nitrogen and oxygen atoms in total. The smallest absolute Gasteiger partial charge is 0.222 e. The third kappa shape index (κ3) is 5.17. The van der Waals surface area contributed by atoms with E-state index in [0.717, 1.165) is 44.6 Å². The summed E-state index contributed by atoms with van der Waals surface area (Å²) in [6.45, 7) is 3.38. The molecule has 1 aromatic carbocycles. The average molecular weight is 287 g/mol. The van der Waals surface area contributed by atoms with Crippen LogP contribution in [0.5, 0.6) is 0 Å². The van der Waals surface area contributed by atoms with Crippen molar-refractivity contribution >= 4 is 18.3 Å². The lowest BCUT2D eigenvalue weighted by atomic mass is 10.2. The van der Waals surface area contributed by atoms with Gasteiger partial charge in [0, 0.05) is 26.1 Å². The zero-order valence-electron chi connectivity index (χ0n) is 10.9. The first-order valence-electron chi connectivity index (χ1n) is 6.48. The van der Waals surface area contributed by atoms with Gasteiger partial charge in [-0.25, -0.2) is 4.39 Å². The Hall–Kier alpha value is -1.13. The lowest BCUT2D eigenvalue weighted by Gasteiger charge is -2.15. The van der Waals surface area contributed by atoms with Crippen molar-refractivity contribution in [3.05, 3.63) is 35.6 Å². The van der Waals surface area contributed by atoms with Crippen LogP contribution in [0, 0.1) is 5.82 Å². The van der Waals surface area contributed by atoms with Crippen molar-refractivity contribution in [1.82, 2.24) is 10.2 Å². The number of benzene rings is 1. The van der Waals surface area contributed by atoms with Crippen molar-refractivity contribution in [2.24, 2.45) is 0 Å². The van der Waals surface area contributed by atoms with Crippen LogP contribution in [-0.2, 0) is 11.3 Å². The molecule has 19 heavy (non-hydrogen) atoms. The van der Waals surface area contributed by atoms with Gasteiger partial charge in [0.25, 0.3) is 0 Å². The summed E-state index contributed by atoms with van der Waals surface area (Å²) in [6.07, 6.45) is 2.68. The number of hydrogen-bond donors (Lipinski definition) is 1. The molecule has 1 aromatic rings. The summed E-state index contributed by atoms with van der Waals surface area (Å²) in [5.74, 6) is 0.0832. The molecule has 0 unspecified atom stereocenters. The highest BCUT2D eigenvalue weighted by molar-refractivity contribution is 5.85. The highest BCUT2D eigenvalue weighted by Crippen LogP contribution is 2.09. The van der Waals surface area contributed by atoms with Crippen LogP contribution >= 0.6 is 12.4 Å². The minimum absolute atomic E-state index is 0. The van der Waals surface area contributed by atoms with Crippen LogP contribution in [0.1, 0.15) is 24.8 Å². The molecule has 2 rings (SSSR count). The van der Waals surface area contributed by atoms with Crippen molar-refractivity contribution in [2.75, 3.05) is 19.6 Å². The molecule has 0 radical (unpaired) electrons. The van der Waals surface area contributed by atoms with Crippen molar-refractivity contribution in [1.29, 1.82) is 0 Å². The third-order valence-electron chi connectivity index (χ3n) is 3.20. The van der Waals surface area contributed by atoms with Gasteiger partial charge in [-0.15, -0.1) is 12.4 Å². The third-order valence-corrected chi connectivity index (χ3v) is 3.20. The number of halogens is 2. The van der Waals surface area contributed by atoms with Gasteiger partial charge >= 0.3 is 0 Å². The first-order valence-corrected chi connectivity index (χ1v) is 6.48. The Labute approximate surface area is 119 Å². The molecule has 0 spiro atoms. The molecular weight excluding hydrogens is 267 g/mol. The van der Waals surface area contributed by atoms with Crippen LogP contribution in [0.15, 0.2) is 24.3 Å². The van der Waals surface area contributed by atoms with Crippen LogP contribution < -0.4 is 5.32 Å². The van der Waals surface area contributed by atoms with Crippen LogP contribution in [0.25, 0.3) is 0 Å². The lowest BCUT2D eigenvalue weighted by Crippen LogP contribution is -2.28. The van der Waals surface area contributed by atoms with Crippen LogP contribution in [0.4, 0.5) is 4.39 Å². The van der Waals surface area contributed by atoms with E-state index >= 15 is 0 Å². The van der Waals surface area contributed by atoms with Crippen molar-refractivity contribution in [2.45, 2.75) is 25.8 Å². The zero-order valence-corrected chi connectivity index (χ0v) is 11.7. The molecule has 1 saturated heterocycles. The largest absolute Gasteiger partial charge is 0.343 e. The molecule has 0 aliphatic carbocycles. The molecular formula is C14H20ClFN2O. The van der Waals surface area contributed by atoms with Gasteiger partial charge in [0.15, 0.2) is 0 Å². The summed E-state index contributed by atoms with van der Waals surface area (Å²) in [4.78, 5) is 13.3. The van der Waals surface area contributed by atoms with Gasteiger partial charge in [-0.2, -0.15) is 0 Å².